The Morgan fingerprint density at radius 2 is 1.56 bits per heavy atom. The molecule has 0 radical (unpaired) electrons. The van der Waals surface area contributed by atoms with Gasteiger partial charge < -0.3 is 20.1 Å². The third kappa shape index (κ3) is 6.32. The predicted molar refractivity (Wildman–Crippen MR) is 220 cm³/mol. The summed E-state index contributed by atoms with van der Waals surface area (Å²) in [6.45, 7) is 10.0. The number of carbonyl (C=O) groups excluding carboxylic acids is 3. The van der Waals surface area contributed by atoms with E-state index in [1.54, 1.807) is 16.2 Å². The Labute approximate surface area is 331 Å². The maximum Gasteiger partial charge on any atom is 0.329 e. The molecular formula is C44H49N9O4. The van der Waals surface area contributed by atoms with Crippen molar-refractivity contribution in [2.45, 2.75) is 56.9 Å². The van der Waals surface area contributed by atoms with E-state index < -0.39 is 11.9 Å². The second kappa shape index (κ2) is 13.8. The van der Waals surface area contributed by atoms with Gasteiger partial charge in [-0.25, -0.2) is 4.79 Å². The second-order valence-electron chi connectivity index (χ2n) is 16.9. The number of pyridine rings is 1. The third-order valence-corrected chi connectivity index (χ3v) is 13.4. The molecule has 7 heterocycles. The van der Waals surface area contributed by atoms with Crippen molar-refractivity contribution < 1.29 is 14.4 Å². The molecule has 5 aliphatic rings. The number of imidazole rings is 1. The van der Waals surface area contributed by atoms with Gasteiger partial charge in [0.25, 0.3) is 5.91 Å². The van der Waals surface area contributed by atoms with Gasteiger partial charge in [0.1, 0.15) is 6.04 Å². The summed E-state index contributed by atoms with van der Waals surface area (Å²) in [5, 5.41) is 5.46. The average Bonchev–Trinajstić information content (AvgIpc) is 3.77. The molecule has 3 saturated heterocycles. The topological polar surface area (TPSA) is 141 Å². The average molecular weight is 768 g/mol. The maximum absolute atomic E-state index is 13.2. The molecule has 57 heavy (non-hydrogen) atoms. The molecule has 10 rings (SSSR count). The molecule has 0 bridgehead atoms. The normalized spacial score (nSPS) is 21.2. The first kappa shape index (κ1) is 35.7. The van der Waals surface area contributed by atoms with Crippen molar-refractivity contribution in [1.29, 1.82) is 0 Å². The lowest BCUT2D eigenvalue weighted by Crippen LogP contribution is -2.49. The number of anilines is 2. The second-order valence-corrected chi connectivity index (χ2v) is 16.9. The Bertz CT molecular complexity index is 2490. The lowest BCUT2D eigenvalue weighted by molar-refractivity contribution is -0.135. The number of nitrogens with one attached hydrogen (secondary N) is 3. The largest absolute Gasteiger partial charge is 0.371 e. The van der Waals surface area contributed by atoms with Crippen LogP contribution in [0.1, 0.15) is 66.2 Å². The van der Waals surface area contributed by atoms with E-state index in [0.29, 0.717) is 12.3 Å². The fourth-order valence-electron chi connectivity index (χ4n) is 9.80. The third-order valence-electron chi connectivity index (χ3n) is 13.4. The maximum atomic E-state index is 13.2. The molecular weight excluding hydrogens is 719 g/mol. The molecule has 13 nitrogen and oxygen atoms in total. The number of nitrogens with zero attached hydrogens (tertiary/aromatic N) is 6. The minimum atomic E-state index is -0.677. The van der Waals surface area contributed by atoms with Crippen molar-refractivity contribution in [3.05, 3.63) is 88.1 Å². The first-order chi connectivity index (χ1) is 27.6. The number of piperazine rings is 1. The highest BCUT2D eigenvalue weighted by atomic mass is 16.2. The number of rotatable bonds is 7. The summed E-state index contributed by atoms with van der Waals surface area (Å²) in [6.07, 6.45) is 6.88. The summed E-state index contributed by atoms with van der Waals surface area (Å²) >= 11 is 0. The van der Waals surface area contributed by atoms with Crippen molar-refractivity contribution in [3.8, 4) is 22.5 Å². The van der Waals surface area contributed by atoms with Gasteiger partial charge in [0.2, 0.25) is 11.8 Å². The molecule has 4 aliphatic heterocycles. The smallest absolute Gasteiger partial charge is 0.329 e. The number of benzene rings is 2. The highest BCUT2D eigenvalue weighted by Crippen LogP contribution is 2.50. The highest BCUT2D eigenvalue weighted by molar-refractivity contribution is 6.00. The standard InChI is InChI=1S/C44H49N9O4/c1-27-21-30(3-5-32(27)35-22-29(9-14-45-35)34-24-33-40(47-34)44(12-13-44)26-46-41(33)55)52-19-17-50(18-20-52)25-28-10-15-51(16-11-28)31-4-6-36-38(23-31)49(2)43(57)53(36)37-7-8-39(54)48-42(37)56/h3-6,9,14,21-24,28,37,47H,7-8,10-13,15-20,25-26H2,1-2H3,(H,46,55)(H,48,54,56). The Balaban J connectivity index is 0.742. The monoisotopic (exact) mass is 767 g/mol. The molecule has 1 unspecified atom stereocenters. The summed E-state index contributed by atoms with van der Waals surface area (Å²) in [4.78, 5) is 66.1. The number of fused-ring (bicyclic) bond motifs is 3. The van der Waals surface area contributed by atoms with E-state index in [1.165, 1.54) is 11.3 Å². The zero-order valence-electron chi connectivity index (χ0n) is 32.6. The number of aromatic nitrogens is 4. The Kier molecular flexibility index (Phi) is 8.62. The number of H-pyrrole nitrogens is 1. The van der Waals surface area contributed by atoms with Gasteiger partial charge in [-0.2, -0.15) is 0 Å². The van der Waals surface area contributed by atoms with Crippen molar-refractivity contribution in [2.24, 2.45) is 13.0 Å². The molecule has 1 spiro atoms. The van der Waals surface area contributed by atoms with Gasteiger partial charge in [0, 0.05) is 111 Å². The first-order valence-corrected chi connectivity index (χ1v) is 20.5. The van der Waals surface area contributed by atoms with Crippen LogP contribution in [0.3, 0.4) is 0 Å². The first-order valence-electron chi connectivity index (χ1n) is 20.5. The number of aromatic amines is 1. The molecule has 3 amide bonds. The van der Waals surface area contributed by atoms with Gasteiger partial charge in [-0.05, 0) is 99.0 Å². The van der Waals surface area contributed by atoms with Crippen LogP contribution >= 0.6 is 0 Å². The van der Waals surface area contributed by atoms with Gasteiger partial charge in [0.05, 0.1) is 22.3 Å². The zero-order valence-corrected chi connectivity index (χ0v) is 32.6. The van der Waals surface area contributed by atoms with E-state index in [1.807, 2.05) is 24.4 Å². The molecule has 1 atom stereocenters. The number of aryl methyl sites for hydroxylation is 2. The predicted octanol–water partition coefficient (Wildman–Crippen LogP) is 4.50. The van der Waals surface area contributed by atoms with E-state index in [2.05, 4.69) is 73.6 Å². The van der Waals surface area contributed by atoms with Crippen LogP contribution in [-0.2, 0) is 22.1 Å². The van der Waals surface area contributed by atoms with Crippen LogP contribution < -0.4 is 26.1 Å². The van der Waals surface area contributed by atoms with Crippen LogP contribution in [0, 0.1) is 12.8 Å². The van der Waals surface area contributed by atoms with Gasteiger partial charge >= 0.3 is 5.69 Å². The molecule has 294 valence electrons. The molecule has 2 aromatic carbocycles. The summed E-state index contributed by atoms with van der Waals surface area (Å²) < 4.78 is 3.16. The van der Waals surface area contributed by atoms with Crippen LogP contribution in [0.4, 0.5) is 11.4 Å². The summed E-state index contributed by atoms with van der Waals surface area (Å²) in [7, 11) is 1.75. The Hall–Kier alpha value is -5.69. The van der Waals surface area contributed by atoms with E-state index in [-0.39, 0.29) is 29.3 Å². The molecule has 1 aliphatic carbocycles. The fourth-order valence-corrected chi connectivity index (χ4v) is 9.80. The van der Waals surface area contributed by atoms with Crippen LogP contribution in [0.25, 0.3) is 33.5 Å². The Morgan fingerprint density at radius 3 is 2.32 bits per heavy atom. The molecule has 1 saturated carbocycles. The minimum absolute atomic E-state index is 0.0119. The number of imide groups is 1. The number of piperidine rings is 2. The van der Waals surface area contributed by atoms with Crippen LogP contribution in [-0.4, -0.2) is 94.1 Å². The van der Waals surface area contributed by atoms with Crippen LogP contribution in [0.15, 0.2) is 65.6 Å². The SMILES string of the molecule is Cc1cc(N2CCN(CC3CCN(c4ccc5c(c4)n(C)c(=O)n5C4CCC(=O)NC4=O)CC3)CC2)ccc1-c1cc(-c2cc3c([nH]2)C2(CC2)CNC3=O)ccn1. The van der Waals surface area contributed by atoms with E-state index >= 15 is 0 Å². The fraction of sp³-hybridized carbons (Fsp3) is 0.432. The van der Waals surface area contributed by atoms with Gasteiger partial charge in [-0.1, -0.05) is 6.07 Å². The molecule has 13 heteroatoms. The summed E-state index contributed by atoms with van der Waals surface area (Å²) in [5.41, 5.74) is 10.8. The van der Waals surface area contributed by atoms with E-state index in [0.717, 1.165) is 129 Å². The minimum Gasteiger partial charge on any atom is -0.371 e. The highest BCUT2D eigenvalue weighted by Gasteiger charge is 2.50. The number of carbonyl (C=O) groups is 3. The lowest BCUT2D eigenvalue weighted by Gasteiger charge is -2.40. The van der Waals surface area contributed by atoms with Gasteiger partial charge in [0.15, 0.2) is 0 Å². The van der Waals surface area contributed by atoms with Crippen molar-refractivity contribution in [2.75, 3.05) is 62.2 Å². The van der Waals surface area contributed by atoms with Crippen molar-refractivity contribution >= 4 is 40.1 Å². The van der Waals surface area contributed by atoms with Crippen LogP contribution in [0.5, 0.6) is 0 Å². The number of hydrogen-bond acceptors (Lipinski definition) is 8. The van der Waals surface area contributed by atoms with Gasteiger partial charge in [-0.3, -0.25) is 38.7 Å². The quantitative estimate of drug-likeness (QED) is 0.206. The van der Waals surface area contributed by atoms with E-state index in [4.69, 9.17) is 4.98 Å². The number of amides is 3. The number of hydrogen-bond donors (Lipinski definition) is 3. The van der Waals surface area contributed by atoms with Crippen LogP contribution in [0.2, 0.25) is 0 Å². The molecule has 4 fully saturated rings. The molecule has 5 aromatic rings. The van der Waals surface area contributed by atoms with Crippen molar-refractivity contribution in [3.63, 3.8) is 0 Å². The molecule has 3 aromatic heterocycles. The van der Waals surface area contributed by atoms with Crippen molar-refractivity contribution in [1.82, 2.24) is 34.6 Å². The summed E-state index contributed by atoms with van der Waals surface area (Å²) in [6, 6.07) is 18.3. The Morgan fingerprint density at radius 1 is 0.807 bits per heavy atom. The summed E-state index contributed by atoms with van der Waals surface area (Å²) in [5.74, 6) is -0.0472. The van der Waals surface area contributed by atoms with E-state index in [9.17, 15) is 19.2 Å². The van der Waals surface area contributed by atoms with Gasteiger partial charge in [-0.15, -0.1) is 0 Å². The lowest BCUT2D eigenvalue weighted by atomic mass is 9.95. The molecule has 3 N–H and O–H groups in total. The zero-order chi connectivity index (χ0) is 39.0.